The Morgan fingerprint density at radius 3 is 2.50 bits per heavy atom. The van der Waals surface area contributed by atoms with Gasteiger partial charge < -0.3 is 9.64 Å². The van der Waals surface area contributed by atoms with E-state index >= 15 is 0 Å². The normalized spacial score (nSPS) is 20.7. The second kappa shape index (κ2) is 6.21. The van der Waals surface area contributed by atoms with Crippen molar-refractivity contribution in [3.05, 3.63) is 0 Å². The fraction of sp³-hybridized carbons (Fsp3) is 0.857. The van der Waals surface area contributed by atoms with Crippen LogP contribution in [-0.4, -0.2) is 36.0 Å². The summed E-state index contributed by atoms with van der Waals surface area (Å²) < 4.78 is 5.19. The molecule has 1 aliphatic rings. The fourth-order valence-corrected chi connectivity index (χ4v) is 2.15. The predicted octanol–water partition coefficient (Wildman–Crippen LogP) is 2.37. The van der Waals surface area contributed by atoms with Gasteiger partial charge in [0.1, 0.15) is 6.04 Å². The average Bonchev–Trinajstić information content (AvgIpc) is 2.34. The van der Waals surface area contributed by atoms with Crippen molar-refractivity contribution in [2.24, 2.45) is 5.41 Å². The lowest BCUT2D eigenvalue weighted by Gasteiger charge is -2.37. The van der Waals surface area contributed by atoms with Crippen LogP contribution in [0.3, 0.4) is 0 Å². The predicted molar refractivity (Wildman–Crippen MR) is 70.1 cm³/mol. The van der Waals surface area contributed by atoms with Crippen molar-refractivity contribution < 1.29 is 14.3 Å². The van der Waals surface area contributed by atoms with Crippen LogP contribution < -0.4 is 0 Å². The van der Waals surface area contributed by atoms with E-state index in [1.165, 1.54) is 0 Å². The van der Waals surface area contributed by atoms with Gasteiger partial charge in [-0.25, -0.2) is 4.79 Å². The third-order valence-corrected chi connectivity index (χ3v) is 3.13. The van der Waals surface area contributed by atoms with Gasteiger partial charge >= 0.3 is 5.97 Å². The Morgan fingerprint density at radius 2 is 1.94 bits per heavy atom. The summed E-state index contributed by atoms with van der Waals surface area (Å²) in [6.45, 7) is 8.73. The summed E-state index contributed by atoms with van der Waals surface area (Å²) in [6, 6.07) is -0.378. The molecule has 1 unspecified atom stereocenters. The van der Waals surface area contributed by atoms with Crippen LogP contribution in [0.1, 0.15) is 53.4 Å². The third-order valence-electron chi connectivity index (χ3n) is 3.13. The minimum atomic E-state index is -0.444. The van der Waals surface area contributed by atoms with E-state index in [1.54, 1.807) is 4.90 Å². The summed E-state index contributed by atoms with van der Waals surface area (Å²) >= 11 is 0. The van der Waals surface area contributed by atoms with Crippen LogP contribution in [0, 0.1) is 5.41 Å². The quantitative estimate of drug-likeness (QED) is 0.727. The number of nitrogens with zero attached hydrogens (tertiary/aromatic N) is 1. The molecule has 0 saturated carbocycles. The summed E-state index contributed by atoms with van der Waals surface area (Å²) in [4.78, 5) is 26.0. The molecule has 1 fully saturated rings. The molecular weight excluding hydrogens is 230 g/mol. The number of rotatable bonds is 3. The highest BCUT2D eigenvalue weighted by molar-refractivity contribution is 5.87. The van der Waals surface area contributed by atoms with Crippen LogP contribution in [0.4, 0.5) is 0 Å². The molecule has 0 spiro atoms. The Bertz CT molecular complexity index is 307. The van der Waals surface area contributed by atoms with Crippen molar-refractivity contribution >= 4 is 11.9 Å². The minimum absolute atomic E-state index is 0.0423. The maximum Gasteiger partial charge on any atom is 0.328 e. The van der Waals surface area contributed by atoms with Gasteiger partial charge in [0.15, 0.2) is 0 Å². The molecule has 18 heavy (non-hydrogen) atoms. The van der Waals surface area contributed by atoms with Crippen molar-refractivity contribution in [2.75, 3.05) is 13.2 Å². The molecule has 0 radical (unpaired) electrons. The van der Waals surface area contributed by atoms with E-state index in [4.69, 9.17) is 4.74 Å². The lowest BCUT2D eigenvalue weighted by atomic mass is 9.91. The van der Waals surface area contributed by atoms with Crippen molar-refractivity contribution in [1.29, 1.82) is 0 Å². The molecule has 1 heterocycles. The van der Waals surface area contributed by atoms with Gasteiger partial charge in [-0.15, -0.1) is 0 Å². The van der Waals surface area contributed by atoms with Gasteiger partial charge in [-0.05, 0) is 25.7 Å². The largest absolute Gasteiger partial charge is 0.464 e. The van der Waals surface area contributed by atoms with E-state index in [-0.39, 0.29) is 17.9 Å². The van der Waals surface area contributed by atoms with Crippen molar-refractivity contribution in [2.45, 2.75) is 59.4 Å². The topological polar surface area (TPSA) is 46.6 Å². The Morgan fingerprint density at radius 1 is 1.28 bits per heavy atom. The maximum atomic E-state index is 12.3. The molecule has 0 aromatic rings. The number of esters is 1. The van der Waals surface area contributed by atoms with Gasteiger partial charge in [0.05, 0.1) is 6.61 Å². The second-order valence-corrected chi connectivity index (χ2v) is 5.93. The molecule has 0 aromatic heterocycles. The Kier molecular flexibility index (Phi) is 5.17. The first kappa shape index (κ1) is 15.0. The van der Waals surface area contributed by atoms with Crippen LogP contribution in [0.2, 0.25) is 0 Å². The highest BCUT2D eigenvalue weighted by atomic mass is 16.5. The molecule has 1 saturated heterocycles. The number of piperidine rings is 1. The van der Waals surface area contributed by atoms with Gasteiger partial charge in [-0.3, -0.25) is 4.79 Å². The van der Waals surface area contributed by atoms with Gasteiger partial charge in [0.2, 0.25) is 5.91 Å². The first-order chi connectivity index (χ1) is 8.38. The number of ether oxygens (including phenoxy) is 1. The Balaban J connectivity index is 2.74. The summed E-state index contributed by atoms with van der Waals surface area (Å²) in [5.74, 6) is -0.199. The van der Waals surface area contributed by atoms with E-state index < -0.39 is 5.41 Å². The second-order valence-electron chi connectivity index (χ2n) is 5.93. The summed E-state index contributed by atoms with van der Waals surface area (Å²) in [7, 11) is 0. The smallest absolute Gasteiger partial charge is 0.328 e. The van der Waals surface area contributed by atoms with E-state index in [2.05, 4.69) is 0 Å². The van der Waals surface area contributed by atoms with Gasteiger partial charge in [0, 0.05) is 12.0 Å². The molecule has 4 nitrogen and oxygen atoms in total. The van der Waals surface area contributed by atoms with Gasteiger partial charge in [-0.1, -0.05) is 27.7 Å². The zero-order chi connectivity index (χ0) is 13.8. The number of hydrogen-bond donors (Lipinski definition) is 0. The van der Waals surface area contributed by atoms with Gasteiger partial charge in [0.25, 0.3) is 0 Å². The molecule has 0 bridgehead atoms. The van der Waals surface area contributed by atoms with E-state index in [1.807, 2.05) is 27.7 Å². The first-order valence-electron chi connectivity index (χ1n) is 6.85. The van der Waals surface area contributed by atoms with Crippen LogP contribution in [0.15, 0.2) is 0 Å². The highest BCUT2D eigenvalue weighted by Gasteiger charge is 2.37. The molecule has 1 rings (SSSR count). The van der Waals surface area contributed by atoms with E-state index in [9.17, 15) is 9.59 Å². The Hall–Kier alpha value is -1.06. The number of hydrogen-bond acceptors (Lipinski definition) is 3. The number of likely N-dealkylation sites (tertiary alicyclic amines) is 1. The molecule has 0 aliphatic carbocycles. The van der Waals surface area contributed by atoms with Crippen molar-refractivity contribution in [3.63, 3.8) is 0 Å². The van der Waals surface area contributed by atoms with Crippen LogP contribution in [0.5, 0.6) is 0 Å². The molecule has 0 N–H and O–H groups in total. The molecule has 4 heteroatoms. The maximum absolute atomic E-state index is 12.3. The Labute approximate surface area is 110 Å². The number of carbonyl (C=O) groups is 2. The standard InChI is InChI=1S/C14H25NO3/c1-5-10-18-12(16)11-8-6-7-9-15(11)13(17)14(2,3)4/h11H,5-10H2,1-4H3. The SMILES string of the molecule is CCCOC(=O)C1CCCCN1C(=O)C(C)(C)C. The monoisotopic (exact) mass is 255 g/mol. The zero-order valence-electron chi connectivity index (χ0n) is 12.0. The van der Waals surface area contributed by atoms with Crippen LogP contribution in [-0.2, 0) is 14.3 Å². The zero-order valence-corrected chi connectivity index (χ0v) is 12.0. The van der Waals surface area contributed by atoms with Crippen molar-refractivity contribution in [3.8, 4) is 0 Å². The lowest BCUT2D eigenvalue weighted by Crippen LogP contribution is -2.52. The summed E-state index contributed by atoms with van der Waals surface area (Å²) in [5, 5.41) is 0. The van der Waals surface area contributed by atoms with E-state index in [0.29, 0.717) is 13.2 Å². The molecule has 104 valence electrons. The summed E-state index contributed by atoms with van der Waals surface area (Å²) in [5.41, 5.74) is -0.444. The van der Waals surface area contributed by atoms with E-state index in [0.717, 1.165) is 25.7 Å². The average molecular weight is 255 g/mol. The van der Waals surface area contributed by atoms with Gasteiger partial charge in [-0.2, -0.15) is 0 Å². The number of amides is 1. The molecule has 0 aromatic carbocycles. The highest BCUT2D eigenvalue weighted by Crippen LogP contribution is 2.25. The lowest BCUT2D eigenvalue weighted by molar-refractivity contribution is -0.160. The fourth-order valence-electron chi connectivity index (χ4n) is 2.15. The molecule has 1 aliphatic heterocycles. The first-order valence-corrected chi connectivity index (χ1v) is 6.85. The summed E-state index contributed by atoms with van der Waals surface area (Å²) in [6.07, 6.45) is 3.50. The minimum Gasteiger partial charge on any atom is -0.464 e. The molecular formula is C14H25NO3. The van der Waals surface area contributed by atoms with Crippen molar-refractivity contribution in [1.82, 2.24) is 4.90 Å². The molecule has 1 amide bonds. The van der Waals surface area contributed by atoms with Crippen LogP contribution in [0.25, 0.3) is 0 Å². The third kappa shape index (κ3) is 3.72. The number of carbonyl (C=O) groups excluding carboxylic acids is 2. The molecule has 1 atom stereocenters. The van der Waals surface area contributed by atoms with Crippen LogP contribution >= 0.6 is 0 Å².